The van der Waals surface area contributed by atoms with Gasteiger partial charge < -0.3 is 10.0 Å². The quantitative estimate of drug-likeness (QED) is 0.573. The summed E-state index contributed by atoms with van der Waals surface area (Å²) >= 11 is 0. The molecule has 3 N–H and O–H groups in total. The van der Waals surface area contributed by atoms with Crippen LogP contribution >= 0.6 is 0 Å². The maximum absolute atomic E-state index is 12.2. The zero-order valence-corrected chi connectivity index (χ0v) is 14.7. The second kappa shape index (κ2) is 9.73. The SMILES string of the molecule is CC1CCC(N(N)CC(=O)N2CCCC2C#N)CC1.O=C(O)C(F)(F)F. The van der Waals surface area contributed by atoms with Gasteiger partial charge in [0.1, 0.15) is 6.04 Å². The number of aliphatic carboxylic acids is 1. The second-order valence-corrected chi connectivity index (χ2v) is 6.76. The molecule has 1 heterocycles. The van der Waals surface area contributed by atoms with E-state index in [-0.39, 0.29) is 18.5 Å². The van der Waals surface area contributed by atoms with Crippen LogP contribution in [0.1, 0.15) is 45.4 Å². The first-order valence-corrected chi connectivity index (χ1v) is 8.56. The van der Waals surface area contributed by atoms with Gasteiger partial charge in [-0.15, -0.1) is 0 Å². The number of amides is 1. The maximum atomic E-state index is 12.2. The molecule has 1 aliphatic carbocycles. The van der Waals surface area contributed by atoms with Crippen molar-refractivity contribution in [1.82, 2.24) is 9.91 Å². The van der Waals surface area contributed by atoms with E-state index in [1.165, 1.54) is 12.8 Å². The summed E-state index contributed by atoms with van der Waals surface area (Å²) in [5.41, 5.74) is 0. The van der Waals surface area contributed by atoms with Gasteiger partial charge in [0.05, 0.1) is 12.6 Å². The summed E-state index contributed by atoms with van der Waals surface area (Å²) < 4.78 is 31.7. The second-order valence-electron chi connectivity index (χ2n) is 6.76. The number of alkyl halides is 3. The molecule has 0 aromatic heterocycles. The molecule has 2 rings (SSSR count). The Hall–Kier alpha value is -1.86. The minimum Gasteiger partial charge on any atom is -0.475 e. The van der Waals surface area contributed by atoms with Crippen molar-refractivity contribution in [2.24, 2.45) is 11.8 Å². The van der Waals surface area contributed by atoms with Gasteiger partial charge in [0.15, 0.2) is 0 Å². The van der Waals surface area contributed by atoms with Crippen LogP contribution in [0.5, 0.6) is 0 Å². The Morgan fingerprint density at radius 2 is 1.81 bits per heavy atom. The standard InChI is InChI=1S/C14H24N4O.C2HF3O2/c1-11-4-6-12(7-5-11)18(16)10-14(19)17-8-2-3-13(17)9-15;3-2(4,5)1(6)7/h11-13H,2-8,10,16H2,1H3;(H,6,7). The third-order valence-corrected chi connectivity index (χ3v) is 4.74. The minimum absolute atomic E-state index is 0.00479. The van der Waals surface area contributed by atoms with E-state index in [0.29, 0.717) is 12.6 Å². The van der Waals surface area contributed by atoms with Crippen LogP contribution in [0.15, 0.2) is 0 Å². The molecular formula is C16H25F3N4O3. The number of carbonyl (C=O) groups excluding carboxylic acids is 1. The Morgan fingerprint density at radius 3 is 2.27 bits per heavy atom. The number of nitriles is 1. The fourth-order valence-corrected chi connectivity index (χ4v) is 3.15. The highest BCUT2D eigenvalue weighted by molar-refractivity contribution is 5.79. The largest absolute Gasteiger partial charge is 0.490 e. The van der Waals surface area contributed by atoms with E-state index in [2.05, 4.69) is 13.0 Å². The van der Waals surface area contributed by atoms with Crippen molar-refractivity contribution in [2.75, 3.05) is 13.1 Å². The molecule has 10 heteroatoms. The molecule has 2 fully saturated rings. The Balaban J connectivity index is 0.000000412. The van der Waals surface area contributed by atoms with Crippen molar-refractivity contribution in [3.8, 4) is 6.07 Å². The minimum atomic E-state index is -5.08. The Morgan fingerprint density at radius 1 is 1.27 bits per heavy atom. The summed E-state index contributed by atoms with van der Waals surface area (Å²) in [4.78, 5) is 22.8. The molecule has 2 aliphatic rings. The van der Waals surface area contributed by atoms with Crippen molar-refractivity contribution < 1.29 is 27.9 Å². The summed E-state index contributed by atoms with van der Waals surface area (Å²) in [5.74, 6) is 4.08. The lowest BCUT2D eigenvalue weighted by molar-refractivity contribution is -0.192. The molecule has 1 saturated carbocycles. The zero-order chi connectivity index (χ0) is 19.9. The number of nitrogens with zero attached hydrogens (tertiary/aromatic N) is 3. The highest BCUT2D eigenvalue weighted by Crippen LogP contribution is 2.26. The monoisotopic (exact) mass is 378 g/mol. The Bertz CT molecular complexity index is 528. The van der Waals surface area contributed by atoms with Crippen LogP contribution in [0, 0.1) is 17.2 Å². The Labute approximate surface area is 150 Å². The van der Waals surface area contributed by atoms with Crippen LogP contribution in [-0.2, 0) is 9.59 Å². The summed E-state index contributed by atoms with van der Waals surface area (Å²) in [5, 5.41) is 17.8. The van der Waals surface area contributed by atoms with Crippen LogP contribution in [0.2, 0.25) is 0 Å². The van der Waals surface area contributed by atoms with E-state index in [1.54, 1.807) is 9.91 Å². The predicted octanol–water partition coefficient (Wildman–Crippen LogP) is 1.89. The van der Waals surface area contributed by atoms with E-state index in [4.69, 9.17) is 21.0 Å². The highest BCUT2D eigenvalue weighted by atomic mass is 19.4. The molecular weight excluding hydrogens is 353 g/mol. The molecule has 0 aromatic carbocycles. The Kier molecular flexibility index (Phi) is 8.30. The van der Waals surface area contributed by atoms with Crippen molar-refractivity contribution in [1.29, 1.82) is 5.26 Å². The smallest absolute Gasteiger partial charge is 0.475 e. The molecule has 0 radical (unpaired) electrons. The molecule has 0 spiro atoms. The van der Waals surface area contributed by atoms with Gasteiger partial charge >= 0.3 is 12.1 Å². The van der Waals surface area contributed by atoms with Crippen LogP contribution in [0.4, 0.5) is 13.2 Å². The molecule has 148 valence electrons. The lowest BCUT2D eigenvalue weighted by Crippen LogP contribution is -2.50. The van der Waals surface area contributed by atoms with Crippen LogP contribution in [0.3, 0.4) is 0 Å². The average molecular weight is 378 g/mol. The van der Waals surface area contributed by atoms with Gasteiger partial charge in [-0.25, -0.2) is 9.80 Å². The summed E-state index contributed by atoms with van der Waals surface area (Å²) in [6.07, 6.45) is 1.18. The summed E-state index contributed by atoms with van der Waals surface area (Å²) in [6, 6.07) is 2.28. The van der Waals surface area contributed by atoms with Gasteiger partial charge in [-0.3, -0.25) is 10.6 Å². The normalized spacial score (nSPS) is 26.0. The molecule has 1 saturated heterocycles. The number of hydrazine groups is 1. The maximum Gasteiger partial charge on any atom is 0.490 e. The number of carbonyl (C=O) groups is 2. The van der Waals surface area contributed by atoms with Gasteiger partial charge in [-0.2, -0.15) is 18.4 Å². The number of likely N-dealkylation sites (tertiary alicyclic amines) is 1. The molecule has 26 heavy (non-hydrogen) atoms. The number of carboxylic acids is 1. The molecule has 1 aliphatic heterocycles. The molecule has 1 amide bonds. The molecule has 1 unspecified atom stereocenters. The van der Waals surface area contributed by atoms with Crippen LogP contribution in [-0.4, -0.2) is 58.2 Å². The van der Waals surface area contributed by atoms with E-state index in [0.717, 1.165) is 31.6 Å². The van der Waals surface area contributed by atoms with Crippen molar-refractivity contribution in [3.63, 3.8) is 0 Å². The molecule has 7 nitrogen and oxygen atoms in total. The van der Waals surface area contributed by atoms with Gasteiger partial charge in [-0.1, -0.05) is 6.92 Å². The van der Waals surface area contributed by atoms with E-state index in [9.17, 15) is 18.0 Å². The number of rotatable bonds is 3. The average Bonchev–Trinajstić information content (AvgIpc) is 3.03. The van der Waals surface area contributed by atoms with E-state index >= 15 is 0 Å². The highest BCUT2D eigenvalue weighted by Gasteiger charge is 2.38. The van der Waals surface area contributed by atoms with Crippen LogP contribution < -0.4 is 5.84 Å². The molecule has 0 bridgehead atoms. The third kappa shape index (κ3) is 6.80. The fraction of sp³-hybridized carbons (Fsp3) is 0.812. The van der Waals surface area contributed by atoms with Gasteiger partial charge in [0, 0.05) is 12.6 Å². The number of carboxylic acid groups (broad SMARTS) is 1. The van der Waals surface area contributed by atoms with Gasteiger partial charge in [-0.05, 0) is 44.4 Å². The zero-order valence-electron chi connectivity index (χ0n) is 14.7. The lowest BCUT2D eigenvalue weighted by Gasteiger charge is -2.33. The molecule has 0 aromatic rings. The first-order valence-electron chi connectivity index (χ1n) is 8.56. The van der Waals surface area contributed by atoms with Crippen LogP contribution in [0.25, 0.3) is 0 Å². The number of hydrogen-bond donors (Lipinski definition) is 2. The van der Waals surface area contributed by atoms with Crippen molar-refractivity contribution >= 4 is 11.9 Å². The summed E-state index contributed by atoms with van der Waals surface area (Å²) in [7, 11) is 0. The van der Waals surface area contributed by atoms with E-state index < -0.39 is 12.1 Å². The first kappa shape index (κ1) is 22.2. The van der Waals surface area contributed by atoms with Crippen molar-refractivity contribution in [2.45, 2.75) is 63.7 Å². The third-order valence-electron chi connectivity index (χ3n) is 4.74. The number of hydrogen-bond acceptors (Lipinski definition) is 5. The number of halogens is 3. The summed E-state index contributed by atoms with van der Waals surface area (Å²) in [6.45, 7) is 3.22. The number of nitrogens with two attached hydrogens (primary N) is 1. The molecule has 1 atom stereocenters. The van der Waals surface area contributed by atoms with Crippen molar-refractivity contribution in [3.05, 3.63) is 0 Å². The predicted molar refractivity (Wildman–Crippen MR) is 86.4 cm³/mol. The fourth-order valence-electron chi connectivity index (χ4n) is 3.15. The van der Waals surface area contributed by atoms with Gasteiger partial charge in [0.25, 0.3) is 0 Å². The first-order chi connectivity index (χ1) is 12.1. The van der Waals surface area contributed by atoms with E-state index in [1.807, 2.05) is 0 Å². The topological polar surface area (TPSA) is 111 Å². The lowest BCUT2D eigenvalue weighted by atomic mass is 9.87. The van der Waals surface area contributed by atoms with Gasteiger partial charge in [0.2, 0.25) is 5.91 Å².